The first-order valence-corrected chi connectivity index (χ1v) is 10.8. The normalized spacial score (nSPS) is 17.6. The molecule has 0 unspecified atom stereocenters. The third-order valence-electron chi connectivity index (χ3n) is 6.33. The Kier molecular flexibility index (Phi) is 5.88. The SMILES string of the molecule is CCCN1C(=O)C2(CCN(C(=O)COc3ccccc3C(F)(F)F)CC2)c2ccccc21. The Bertz CT molecular complexity index is 1010. The molecule has 2 aromatic carbocycles. The molecule has 0 N–H and O–H groups in total. The van der Waals surface area contributed by atoms with Gasteiger partial charge in [0.15, 0.2) is 6.61 Å². The predicted octanol–water partition coefficient (Wildman–Crippen LogP) is 4.40. The van der Waals surface area contributed by atoms with Crippen molar-refractivity contribution in [3.05, 3.63) is 59.7 Å². The molecule has 1 spiro atoms. The van der Waals surface area contributed by atoms with E-state index in [1.54, 1.807) is 4.90 Å². The number of carbonyl (C=O) groups excluding carboxylic acids is 2. The van der Waals surface area contributed by atoms with E-state index in [0.717, 1.165) is 23.7 Å². The van der Waals surface area contributed by atoms with Crippen LogP contribution in [-0.4, -0.2) is 43.0 Å². The quantitative estimate of drug-likeness (QED) is 0.684. The lowest BCUT2D eigenvalue weighted by molar-refractivity contribution is -0.141. The van der Waals surface area contributed by atoms with Crippen molar-refractivity contribution >= 4 is 17.5 Å². The van der Waals surface area contributed by atoms with Crippen molar-refractivity contribution in [3.63, 3.8) is 0 Å². The van der Waals surface area contributed by atoms with Crippen molar-refractivity contribution in [2.45, 2.75) is 37.8 Å². The summed E-state index contributed by atoms with van der Waals surface area (Å²) in [6.07, 6.45) is -2.75. The molecule has 5 nitrogen and oxygen atoms in total. The van der Waals surface area contributed by atoms with E-state index in [1.165, 1.54) is 18.2 Å². The van der Waals surface area contributed by atoms with Crippen LogP contribution in [0.25, 0.3) is 0 Å². The molecular weight excluding hydrogens is 421 g/mol. The van der Waals surface area contributed by atoms with E-state index in [1.807, 2.05) is 36.1 Å². The van der Waals surface area contributed by atoms with Crippen molar-refractivity contribution in [2.75, 3.05) is 31.1 Å². The second-order valence-corrected chi connectivity index (χ2v) is 8.22. The molecule has 0 aliphatic carbocycles. The van der Waals surface area contributed by atoms with Gasteiger partial charge in [0.05, 0.1) is 11.0 Å². The topological polar surface area (TPSA) is 49.9 Å². The molecule has 2 aliphatic heterocycles. The zero-order valence-corrected chi connectivity index (χ0v) is 17.8. The van der Waals surface area contributed by atoms with Crippen molar-refractivity contribution in [1.82, 2.24) is 4.90 Å². The first kappa shape index (κ1) is 22.2. The van der Waals surface area contributed by atoms with E-state index >= 15 is 0 Å². The van der Waals surface area contributed by atoms with Crippen LogP contribution in [0.1, 0.15) is 37.3 Å². The van der Waals surface area contributed by atoms with Gasteiger partial charge in [-0.25, -0.2) is 0 Å². The van der Waals surface area contributed by atoms with E-state index in [2.05, 4.69) is 0 Å². The number of benzene rings is 2. The minimum absolute atomic E-state index is 0.0722. The Hall–Kier alpha value is -3.03. The van der Waals surface area contributed by atoms with Gasteiger partial charge in [-0.2, -0.15) is 13.2 Å². The van der Waals surface area contributed by atoms with Gasteiger partial charge in [-0.15, -0.1) is 0 Å². The van der Waals surface area contributed by atoms with Gasteiger partial charge in [0.25, 0.3) is 5.91 Å². The number of fused-ring (bicyclic) bond motifs is 2. The third kappa shape index (κ3) is 3.82. The summed E-state index contributed by atoms with van der Waals surface area (Å²) in [5.41, 5.74) is 0.383. The van der Waals surface area contributed by atoms with Gasteiger partial charge >= 0.3 is 6.18 Å². The molecule has 170 valence electrons. The molecule has 2 aromatic rings. The molecule has 2 amide bonds. The number of hydrogen-bond donors (Lipinski definition) is 0. The van der Waals surface area contributed by atoms with Crippen LogP contribution in [0.2, 0.25) is 0 Å². The van der Waals surface area contributed by atoms with Crippen LogP contribution in [0.3, 0.4) is 0 Å². The van der Waals surface area contributed by atoms with Crippen LogP contribution in [0.4, 0.5) is 18.9 Å². The minimum atomic E-state index is -4.56. The lowest BCUT2D eigenvalue weighted by Gasteiger charge is -2.38. The van der Waals surface area contributed by atoms with Crippen LogP contribution in [-0.2, 0) is 21.2 Å². The van der Waals surface area contributed by atoms with E-state index in [4.69, 9.17) is 4.74 Å². The van der Waals surface area contributed by atoms with Crippen molar-refractivity contribution < 1.29 is 27.5 Å². The molecule has 2 heterocycles. The fraction of sp³-hybridized carbons (Fsp3) is 0.417. The Morgan fingerprint density at radius 3 is 2.41 bits per heavy atom. The number of ether oxygens (including phenoxy) is 1. The predicted molar refractivity (Wildman–Crippen MR) is 114 cm³/mol. The molecule has 0 aromatic heterocycles. The fourth-order valence-corrected chi connectivity index (χ4v) is 4.72. The molecule has 4 rings (SSSR count). The first-order chi connectivity index (χ1) is 15.3. The summed E-state index contributed by atoms with van der Waals surface area (Å²) >= 11 is 0. The van der Waals surface area contributed by atoms with Crippen LogP contribution in [0, 0.1) is 0 Å². The molecule has 2 aliphatic rings. The van der Waals surface area contributed by atoms with E-state index < -0.39 is 23.8 Å². The summed E-state index contributed by atoms with van der Waals surface area (Å²) < 4.78 is 44.6. The highest BCUT2D eigenvalue weighted by molar-refractivity contribution is 6.08. The van der Waals surface area contributed by atoms with E-state index in [9.17, 15) is 22.8 Å². The molecular formula is C24H25F3N2O3. The highest BCUT2D eigenvalue weighted by Gasteiger charge is 2.52. The summed E-state index contributed by atoms with van der Waals surface area (Å²) in [6, 6.07) is 12.6. The Morgan fingerprint density at radius 2 is 1.72 bits per heavy atom. The molecule has 1 saturated heterocycles. The van der Waals surface area contributed by atoms with Crippen LogP contribution < -0.4 is 9.64 Å². The summed E-state index contributed by atoms with van der Waals surface area (Å²) in [4.78, 5) is 29.4. The number of nitrogens with zero attached hydrogens (tertiary/aromatic N) is 2. The van der Waals surface area contributed by atoms with E-state index in [0.29, 0.717) is 32.5 Å². The molecule has 32 heavy (non-hydrogen) atoms. The molecule has 1 fully saturated rings. The number of hydrogen-bond acceptors (Lipinski definition) is 3. The zero-order chi connectivity index (χ0) is 22.9. The van der Waals surface area contributed by atoms with Crippen molar-refractivity contribution in [3.8, 4) is 5.75 Å². The number of rotatable bonds is 5. The smallest absolute Gasteiger partial charge is 0.419 e. The van der Waals surface area contributed by atoms with Gasteiger partial charge in [-0.1, -0.05) is 37.3 Å². The average molecular weight is 446 g/mol. The number of anilines is 1. The summed E-state index contributed by atoms with van der Waals surface area (Å²) in [6.45, 7) is 2.89. The maximum absolute atomic E-state index is 13.3. The number of alkyl halides is 3. The third-order valence-corrected chi connectivity index (χ3v) is 6.33. The Balaban J connectivity index is 1.43. The van der Waals surface area contributed by atoms with Crippen LogP contribution in [0.5, 0.6) is 5.75 Å². The molecule has 0 radical (unpaired) electrons. The second kappa shape index (κ2) is 8.48. The molecule has 8 heteroatoms. The largest absolute Gasteiger partial charge is 0.483 e. The fourth-order valence-electron chi connectivity index (χ4n) is 4.72. The lowest BCUT2D eigenvalue weighted by atomic mass is 9.73. The van der Waals surface area contributed by atoms with Crippen LogP contribution >= 0.6 is 0 Å². The number of carbonyl (C=O) groups is 2. The van der Waals surface area contributed by atoms with Gasteiger partial charge in [-0.05, 0) is 43.0 Å². The minimum Gasteiger partial charge on any atom is -0.483 e. The summed E-state index contributed by atoms with van der Waals surface area (Å²) in [5, 5.41) is 0. The Morgan fingerprint density at radius 1 is 1.06 bits per heavy atom. The average Bonchev–Trinajstić information content (AvgIpc) is 3.01. The van der Waals surface area contributed by atoms with Gasteiger partial charge < -0.3 is 14.5 Å². The van der Waals surface area contributed by atoms with E-state index in [-0.39, 0.29) is 17.6 Å². The first-order valence-electron chi connectivity index (χ1n) is 10.8. The summed E-state index contributed by atoms with van der Waals surface area (Å²) in [5.74, 6) is -0.680. The number of para-hydroxylation sites is 2. The van der Waals surface area contributed by atoms with Gasteiger partial charge in [0.2, 0.25) is 5.91 Å². The molecule has 0 bridgehead atoms. The number of likely N-dealkylation sites (tertiary alicyclic amines) is 1. The molecule has 0 atom stereocenters. The summed E-state index contributed by atoms with van der Waals surface area (Å²) in [7, 11) is 0. The Labute approximate surface area is 184 Å². The second-order valence-electron chi connectivity index (χ2n) is 8.22. The van der Waals surface area contributed by atoms with Crippen molar-refractivity contribution in [2.24, 2.45) is 0 Å². The highest BCUT2D eigenvalue weighted by Crippen LogP contribution is 2.48. The van der Waals surface area contributed by atoms with Gasteiger partial charge in [-0.3, -0.25) is 9.59 Å². The maximum atomic E-state index is 13.3. The van der Waals surface area contributed by atoms with Crippen molar-refractivity contribution in [1.29, 1.82) is 0 Å². The standard InChI is InChI=1S/C24H25F3N2O3/c1-2-13-29-19-9-5-3-7-17(19)23(22(29)31)11-14-28(15-12-23)21(30)16-32-20-10-6-4-8-18(20)24(25,26)27/h3-10H,2,11-16H2,1H3. The molecule has 0 saturated carbocycles. The number of piperidine rings is 1. The monoisotopic (exact) mass is 446 g/mol. The lowest BCUT2D eigenvalue weighted by Crippen LogP contribution is -2.51. The zero-order valence-electron chi connectivity index (χ0n) is 17.8. The van der Waals surface area contributed by atoms with Gasteiger partial charge in [0.1, 0.15) is 5.75 Å². The van der Waals surface area contributed by atoms with Crippen LogP contribution in [0.15, 0.2) is 48.5 Å². The highest BCUT2D eigenvalue weighted by atomic mass is 19.4. The number of halogens is 3. The van der Waals surface area contributed by atoms with Gasteiger partial charge in [0, 0.05) is 25.3 Å². The maximum Gasteiger partial charge on any atom is 0.419 e. The number of amides is 2.